The fourth-order valence-corrected chi connectivity index (χ4v) is 1.81. The summed E-state index contributed by atoms with van der Waals surface area (Å²) in [5.74, 6) is 0.938. The highest BCUT2D eigenvalue weighted by Crippen LogP contribution is 2.21. The second-order valence-corrected chi connectivity index (χ2v) is 5.75. The van der Waals surface area contributed by atoms with Gasteiger partial charge in [0.05, 0.1) is 21.1 Å². The predicted molar refractivity (Wildman–Crippen MR) is 80.3 cm³/mol. The SMILES string of the molecule is C[N+](C)(C)CCOc1ccc(-c2ccccc2)cc1. The molecule has 2 heteroatoms. The van der Waals surface area contributed by atoms with Crippen LogP contribution in [0.1, 0.15) is 0 Å². The summed E-state index contributed by atoms with van der Waals surface area (Å²) >= 11 is 0. The van der Waals surface area contributed by atoms with Crippen LogP contribution >= 0.6 is 0 Å². The molecule has 0 radical (unpaired) electrons. The van der Waals surface area contributed by atoms with Crippen LogP contribution in [-0.2, 0) is 0 Å². The molecule has 0 aliphatic heterocycles. The van der Waals surface area contributed by atoms with Crippen molar-refractivity contribution in [2.45, 2.75) is 0 Å². The van der Waals surface area contributed by atoms with Crippen LogP contribution in [0, 0.1) is 0 Å². The lowest BCUT2D eigenvalue weighted by atomic mass is 10.1. The minimum Gasteiger partial charge on any atom is -0.488 e. The van der Waals surface area contributed by atoms with Gasteiger partial charge in [-0.3, -0.25) is 0 Å². The number of hydrogen-bond acceptors (Lipinski definition) is 1. The first kappa shape index (κ1) is 13.6. The Morgan fingerprint density at radius 3 is 1.95 bits per heavy atom. The van der Waals surface area contributed by atoms with Crippen LogP contribution in [0.4, 0.5) is 0 Å². The molecule has 0 aromatic heterocycles. The second kappa shape index (κ2) is 5.89. The van der Waals surface area contributed by atoms with Gasteiger partial charge in [0.25, 0.3) is 0 Å². The second-order valence-electron chi connectivity index (χ2n) is 5.75. The zero-order valence-corrected chi connectivity index (χ0v) is 12.0. The van der Waals surface area contributed by atoms with Crippen LogP contribution in [0.3, 0.4) is 0 Å². The maximum atomic E-state index is 5.76. The minimum atomic E-state index is 0.744. The quantitative estimate of drug-likeness (QED) is 0.745. The summed E-state index contributed by atoms with van der Waals surface area (Å²) in [7, 11) is 6.51. The van der Waals surface area contributed by atoms with E-state index >= 15 is 0 Å². The van der Waals surface area contributed by atoms with Crippen molar-refractivity contribution >= 4 is 0 Å². The van der Waals surface area contributed by atoms with E-state index in [0.29, 0.717) is 0 Å². The van der Waals surface area contributed by atoms with Crippen molar-refractivity contribution < 1.29 is 9.22 Å². The molecule has 2 aromatic rings. The molecule has 2 nitrogen and oxygen atoms in total. The smallest absolute Gasteiger partial charge is 0.137 e. The van der Waals surface area contributed by atoms with E-state index in [2.05, 4.69) is 57.5 Å². The van der Waals surface area contributed by atoms with E-state index in [0.717, 1.165) is 23.4 Å². The van der Waals surface area contributed by atoms with Gasteiger partial charge in [-0.1, -0.05) is 42.5 Å². The molecule has 0 aliphatic rings. The third-order valence-electron chi connectivity index (χ3n) is 2.99. The van der Waals surface area contributed by atoms with E-state index in [4.69, 9.17) is 4.74 Å². The summed E-state index contributed by atoms with van der Waals surface area (Å²) in [6.45, 7) is 1.74. The third-order valence-corrected chi connectivity index (χ3v) is 2.99. The van der Waals surface area contributed by atoms with Gasteiger partial charge in [-0.2, -0.15) is 0 Å². The molecular weight excluding hydrogens is 234 g/mol. The van der Waals surface area contributed by atoms with E-state index in [1.165, 1.54) is 11.1 Å². The Bertz CT molecular complexity index is 497. The van der Waals surface area contributed by atoms with Gasteiger partial charge in [0.2, 0.25) is 0 Å². The zero-order valence-electron chi connectivity index (χ0n) is 12.0. The molecule has 0 aliphatic carbocycles. The van der Waals surface area contributed by atoms with Crippen molar-refractivity contribution in [2.75, 3.05) is 34.3 Å². The first-order valence-electron chi connectivity index (χ1n) is 6.63. The Balaban J connectivity index is 1.96. The molecule has 0 saturated carbocycles. The molecular formula is C17H22NO+. The lowest BCUT2D eigenvalue weighted by molar-refractivity contribution is -0.870. The summed E-state index contributed by atoms with van der Waals surface area (Å²) in [5.41, 5.74) is 2.46. The molecule has 0 fully saturated rings. The van der Waals surface area contributed by atoms with Crippen molar-refractivity contribution in [1.29, 1.82) is 0 Å². The lowest BCUT2D eigenvalue weighted by Crippen LogP contribution is -2.38. The first-order chi connectivity index (χ1) is 9.04. The molecule has 0 saturated heterocycles. The largest absolute Gasteiger partial charge is 0.488 e. The standard InChI is InChI=1S/C17H22NO/c1-18(2,3)13-14-19-17-11-9-16(10-12-17)15-7-5-4-6-8-15/h4-12H,13-14H2,1-3H3/q+1. The molecule has 0 bridgehead atoms. The maximum Gasteiger partial charge on any atom is 0.137 e. The van der Waals surface area contributed by atoms with Crippen molar-refractivity contribution in [3.8, 4) is 16.9 Å². The predicted octanol–water partition coefficient (Wildman–Crippen LogP) is 3.44. The molecule has 0 heterocycles. The molecule has 100 valence electrons. The van der Waals surface area contributed by atoms with Gasteiger partial charge < -0.3 is 9.22 Å². The Kier molecular flexibility index (Phi) is 4.23. The summed E-state index contributed by atoms with van der Waals surface area (Å²) in [5, 5.41) is 0. The Hall–Kier alpha value is -1.80. The normalized spacial score (nSPS) is 11.3. The Morgan fingerprint density at radius 1 is 0.789 bits per heavy atom. The maximum absolute atomic E-state index is 5.76. The van der Waals surface area contributed by atoms with E-state index in [1.54, 1.807) is 0 Å². The minimum absolute atomic E-state index is 0.744. The Labute approximate surface area is 115 Å². The van der Waals surface area contributed by atoms with Gasteiger partial charge in [0, 0.05) is 0 Å². The van der Waals surface area contributed by atoms with Crippen LogP contribution in [0.25, 0.3) is 11.1 Å². The summed E-state index contributed by atoms with van der Waals surface area (Å²) < 4.78 is 6.68. The average Bonchev–Trinajstić information content (AvgIpc) is 2.39. The molecule has 19 heavy (non-hydrogen) atoms. The monoisotopic (exact) mass is 256 g/mol. The van der Waals surface area contributed by atoms with Crippen molar-refractivity contribution in [2.24, 2.45) is 0 Å². The molecule has 2 rings (SSSR count). The topological polar surface area (TPSA) is 9.23 Å². The van der Waals surface area contributed by atoms with Gasteiger partial charge in [-0.15, -0.1) is 0 Å². The van der Waals surface area contributed by atoms with Gasteiger partial charge >= 0.3 is 0 Å². The van der Waals surface area contributed by atoms with Crippen LogP contribution in [0.15, 0.2) is 54.6 Å². The Morgan fingerprint density at radius 2 is 1.37 bits per heavy atom. The number of ether oxygens (including phenoxy) is 1. The molecule has 0 N–H and O–H groups in total. The van der Waals surface area contributed by atoms with Crippen LogP contribution in [0.5, 0.6) is 5.75 Å². The number of nitrogens with zero attached hydrogens (tertiary/aromatic N) is 1. The summed E-state index contributed by atoms with van der Waals surface area (Å²) in [4.78, 5) is 0. The van der Waals surface area contributed by atoms with Crippen molar-refractivity contribution in [3.05, 3.63) is 54.6 Å². The van der Waals surface area contributed by atoms with E-state index in [1.807, 2.05) is 18.2 Å². The van der Waals surface area contributed by atoms with E-state index < -0.39 is 0 Å². The molecule has 0 amide bonds. The lowest BCUT2D eigenvalue weighted by Gasteiger charge is -2.23. The van der Waals surface area contributed by atoms with Crippen molar-refractivity contribution in [3.63, 3.8) is 0 Å². The summed E-state index contributed by atoms with van der Waals surface area (Å²) in [6, 6.07) is 18.7. The van der Waals surface area contributed by atoms with Crippen LogP contribution in [0.2, 0.25) is 0 Å². The van der Waals surface area contributed by atoms with E-state index in [9.17, 15) is 0 Å². The van der Waals surface area contributed by atoms with Gasteiger partial charge in [-0.25, -0.2) is 0 Å². The summed E-state index contributed by atoms with van der Waals surface area (Å²) in [6.07, 6.45) is 0. The number of hydrogen-bond donors (Lipinski definition) is 0. The van der Waals surface area contributed by atoms with Crippen LogP contribution in [-0.4, -0.2) is 38.8 Å². The average molecular weight is 256 g/mol. The van der Waals surface area contributed by atoms with Gasteiger partial charge in [0.1, 0.15) is 18.9 Å². The number of quaternary nitrogens is 1. The number of benzene rings is 2. The van der Waals surface area contributed by atoms with Gasteiger partial charge in [-0.05, 0) is 23.3 Å². The zero-order chi connectivity index (χ0) is 13.7. The van der Waals surface area contributed by atoms with Crippen LogP contribution < -0.4 is 4.74 Å². The highest BCUT2D eigenvalue weighted by atomic mass is 16.5. The third kappa shape index (κ3) is 4.42. The van der Waals surface area contributed by atoms with Crippen molar-refractivity contribution in [1.82, 2.24) is 0 Å². The number of rotatable bonds is 5. The highest BCUT2D eigenvalue weighted by Gasteiger charge is 2.06. The highest BCUT2D eigenvalue weighted by molar-refractivity contribution is 5.63. The molecule has 2 aromatic carbocycles. The fourth-order valence-electron chi connectivity index (χ4n) is 1.81. The van der Waals surface area contributed by atoms with Gasteiger partial charge in [0.15, 0.2) is 0 Å². The fraction of sp³-hybridized carbons (Fsp3) is 0.294. The molecule has 0 atom stereocenters. The first-order valence-corrected chi connectivity index (χ1v) is 6.63. The molecule has 0 spiro atoms. The van der Waals surface area contributed by atoms with E-state index in [-0.39, 0.29) is 0 Å². The molecule has 0 unspecified atom stereocenters. The number of likely N-dealkylation sites (N-methyl/N-ethyl adjacent to an activating group) is 1.